The molecule has 0 bridgehead atoms. The van der Waals surface area contributed by atoms with Crippen LogP contribution in [0.3, 0.4) is 0 Å². The fraction of sp³-hybridized carbons (Fsp3) is 0.714. The van der Waals surface area contributed by atoms with Gasteiger partial charge in [-0.2, -0.15) is 8.42 Å². The summed E-state index contributed by atoms with van der Waals surface area (Å²) in [6.45, 7) is 3.63. The Bertz CT molecular complexity index is 309. The van der Waals surface area contributed by atoms with Crippen LogP contribution in [0.15, 0.2) is 0 Å². The minimum absolute atomic E-state index is 0.0597. The van der Waals surface area contributed by atoms with Gasteiger partial charge in [-0.05, 0) is 0 Å². The maximum absolute atomic E-state index is 10.8. The van der Waals surface area contributed by atoms with E-state index in [1.807, 2.05) is 0 Å². The van der Waals surface area contributed by atoms with Gasteiger partial charge in [0.15, 0.2) is 0 Å². The van der Waals surface area contributed by atoms with Crippen LogP contribution < -0.4 is 0 Å². The summed E-state index contributed by atoms with van der Waals surface area (Å²) in [6, 6.07) is 0. The zero-order valence-electron chi connectivity index (χ0n) is 6.90. The van der Waals surface area contributed by atoms with Crippen LogP contribution in [0.2, 0.25) is 0 Å². The molecule has 0 aromatic carbocycles. The van der Waals surface area contributed by atoms with Gasteiger partial charge in [-0.25, -0.2) is 8.37 Å². The van der Waals surface area contributed by atoms with Gasteiger partial charge in [0.05, 0.1) is 6.61 Å². The lowest BCUT2D eigenvalue weighted by molar-refractivity contribution is 0.0139. The van der Waals surface area contributed by atoms with Crippen molar-refractivity contribution in [2.75, 3.05) is 6.61 Å². The van der Waals surface area contributed by atoms with Crippen LogP contribution in [0, 0.1) is 17.8 Å². The monoisotopic (exact) mass is 190 g/mol. The average molecular weight is 190 g/mol. The van der Waals surface area contributed by atoms with E-state index in [2.05, 4.69) is 14.3 Å². The van der Waals surface area contributed by atoms with Gasteiger partial charge in [0.1, 0.15) is 6.10 Å². The van der Waals surface area contributed by atoms with Crippen molar-refractivity contribution < 1.29 is 16.8 Å². The molecule has 0 N–H and O–H groups in total. The summed E-state index contributed by atoms with van der Waals surface area (Å²) in [6.07, 6.45) is 4.37. The maximum Gasteiger partial charge on any atom is 0.401 e. The first kappa shape index (κ1) is 9.52. The first-order valence-corrected chi connectivity index (χ1v) is 4.74. The predicted octanol–water partition coefficient (Wildman–Crippen LogP) is 0.306. The highest BCUT2D eigenvalue weighted by Crippen LogP contribution is 2.30. The van der Waals surface area contributed by atoms with E-state index in [0.717, 1.165) is 0 Å². The minimum Gasteiger partial charge on any atom is -0.247 e. The van der Waals surface area contributed by atoms with Crippen molar-refractivity contribution in [3.63, 3.8) is 0 Å². The van der Waals surface area contributed by atoms with E-state index in [4.69, 9.17) is 6.42 Å². The fourth-order valence-electron chi connectivity index (χ4n) is 0.829. The van der Waals surface area contributed by atoms with Gasteiger partial charge in [0, 0.05) is 5.41 Å². The summed E-state index contributed by atoms with van der Waals surface area (Å²) in [7, 11) is -3.86. The molecular weight excluding hydrogens is 180 g/mol. The number of rotatable bonds is 0. The molecule has 0 aromatic rings. The van der Waals surface area contributed by atoms with Gasteiger partial charge in [-0.1, -0.05) is 19.8 Å². The Morgan fingerprint density at radius 1 is 1.58 bits per heavy atom. The Labute approximate surface area is 72.2 Å². The van der Waals surface area contributed by atoms with Crippen molar-refractivity contribution in [1.82, 2.24) is 0 Å². The molecule has 1 rings (SSSR count). The normalized spacial score (nSPS) is 32.2. The zero-order valence-corrected chi connectivity index (χ0v) is 7.72. The van der Waals surface area contributed by atoms with Crippen LogP contribution in [0.25, 0.3) is 0 Å². The smallest absolute Gasteiger partial charge is 0.247 e. The lowest BCUT2D eigenvalue weighted by Crippen LogP contribution is -2.42. The molecule has 1 fully saturated rings. The van der Waals surface area contributed by atoms with Crippen molar-refractivity contribution >= 4 is 10.4 Å². The Hall–Kier alpha value is -0.570. The maximum atomic E-state index is 10.8. The zero-order chi connectivity index (χ0) is 9.41. The molecule has 5 heteroatoms. The summed E-state index contributed by atoms with van der Waals surface area (Å²) < 4.78 is 30.6. The molecular formula is C7H10O4S. The standard InChI is InChI=1S/C7H10O4S/c1-4-6-7(2,3)5-10-12(8,9)11-6/h1,6H,5H2,2-3H3. The third kappa shape index (κ3) is 1.78. The second kappa shape index (κ2) is 2.73. The van der Waals surface area contributed by atoms with E-state index in [1.54, 1.807) is 13.8 Å². The Morgan fingerprint density at radius 3 is 2.58 bits per heavy atom. The van der Waals surface area contributed by atoms with E-state index in [1.165, 1.54) is 0 Å². The molecule has 1 unspecified atom stereocenters. The molecule has 0 spiro atoms. The average Bonchev–Trinajstić information content (AvgIpc) is 1.95. The van der Waals surface area contributed by atoms with Crippen LogP contribution in [-0.2, 0) is 18.8 Å². The quantitative estimate of drug-likeness (QED) is 0.516. The molecule has 4 nitrogen and oxygen atoms in total. The van der Waals surface area contributed by atoms with Crippen molar-refractivity contribution in [3.8, 4) is 12.3 Å². The molecule has 1 atom stereocenters. The Balaban J connectivity index is 2.90. The summed E-state index contributed by atoms with van der Waals surface area (Å²) >= 11 is 0. The van der Waals surface area contributed by atoms with Crippen LogP contribution in [0.4, 0.5) is 0 Å². The highest BCUT2D eigenvalue weighted by molar-refractivity contribution is 7.81. The summed E-state index contributed by atoms with van der Waals surface area (Å²) in [5.41, 5.74) is -0.458. The number of hydrogen-bond acceptors (Lipinski definition) is 4. The molecule has 1 heterocycles. The molecule has 0 aromatic heterocycles. The number of hydrogen-bond donors (Lipinski definition) is 0. The van der Waals surface area contributed by atoms with Crippen LogP contribution >= 0.6 is 0 Å². The lowest BCUT2D eigenvalue weighted by atomic mass is 9.88. The van der Waals surface area contributed by atoms with E-state index in [-0.39, 0.29) is 6.61 Å². The Morgan fingerprint density at radius 2 is 2.17 bits per heavy atom. The van der Waals surface area contributed by atoms with Gasteiger partial charge < -0.3 is 0 Å². The van der Waals surface area contributed by atoms with Gasteiger partial charge in [-0.15, -0.1) is 6.42 Å². The summed E-state index contributed by atoms with van der Waals surface area (Å²) in [5.74, 6) is 2.27. The molecule has 0 saturated carbocycles. The molecule has 0 aliphatic carbocycles. The van der Waals surface area contributed by atoms with Crippen molar-refractivity contribution in [1.29, 1.82) is 0 Å². The second-order valence-electron chi connectivity index (χ2n) is 3.30. The second-order valence-corrected chi connectivity index (χ2v) is 4.55. The molecule has 12 heavy (non-hydrogen) atoms. The van der Waals surface area contributed by atoms with Gasteiger partial charge in [0.2, 0.25) is 0 Å². The lowest BCUT2D eigenvalue weighted by Gasteiger charge is -2.33. The summed E-state index contributed by atoms with van der Waals surface area (Å²) in [4.78, 5) is 0. The third-order valence-electron chi connectivity index (χ3n) is 1.65. The fourth-order valence-corrected chi connectivity index (χ4v) is 1.88. The van der Waals surface area contributed by atoms with Gasteiger partial charge in [0.25, 0.3) is 0 Å². The van der Waals surface area contributed by atoms with Gasteiger partial charge >= 0.3 is 10.4 Å². The molecule has 1 aliphatic heterocycles. The van der Waals surface area contributed by atoms with Crippen molar-refractivity contribution in [2.24, 2.45) is 5.41 Å². The molecule has 0 amide bonds. The van der Waals surface area contributed by atoms with Crippen LogP contribution in [-0.4, -0.2) is 21.1 Å². The Kier molecular flexibility index (Phi) is 2.17. The first-order valence-electron chi connectivity index (χ1n) is 3.41. The molecule has 1 aliphatic rings. The molecule has 68 valence electrons. The van der Waals surface area contributed by atoms with Gasteiger partial charge in [-0.3, -0.25) is 0 Å². The highest BCUT2D eigenvalue weighted by atomic mass is 32.3. The predicted molar refractivity (Wildman–Crippen MR) is 42.4 cm³/mol. The largest absolute Gasteiger partial charge is 0.401 e. The first-order chi connectivity index (χ1) is 5.37. The number of terminal acetylenes is 1. The molecule has 1 saturated heterocycles. The van der Waals surface area contributed by atoms with E-state index in [0.29, 0.717) is 0 Å². The van der Waals surface area contributed by atoms with Crippen LogP contribution in [0.1, 0.15) is 13.8 Å². The third-order valence-corrected chi connectivity index (χ3v) is 2.49. The highest BCUT2D eigenvalue weighted by Gasteiger charge is 2.39. The topological polar surface area (TPSA) is 52.6 Å². The van der Waals surface area contributed by atoms with Crippen molar-refractivity contribution in [3.05, 3.63) is 0 Å². The SMILES string of the molecule is C#CC1OS(=O)(=O)OCC1(C)C. The minimum atomic E-state index is -3.86. The van der Waals surface area contributed by atoms with Crippen LogP contribution in [0.5, 0.6) is 0 Å². The van der Waals surface area contributed by atoms with E-state index >= 15 is 0 Å². The van der Waals surface area contributed by atoms with E-state index < -0.39 is 21.9 Å². The summed E-state index contributed by atoms with van der Waals surface area (Å²) in [5, 5.41) is 0. The molecule has 0 radical (unpaired) electrons. The van der Waals surface area contributed by atoms with E-state index in [9.17, 15) is 8.42 Å². The van der Waals surface area contributed by atoms with Crippen molar-refractivity contribution in [2.45, 2.75) is 20.0 Å².